The van der Waals surface area contributed by atoms with E-state index in [4.69, 9.17) is 0 Å². The van der Waals surface area contributed by atoms with Crippen molar-refractivity contribution in [2.24, 2.45) is 5.41 Å². The molecule has 1 N–H and O–H groups in total. The molecule has 18 heavy (non-hydrogen) atoms. The van der Waals surface area contributed by atoms with E-state index in [9.17, 15) is 4.79 Å². The lowest BCUT2D eigenvalue weighted by Crippen LogP contribution is -2.44. The average Bonchev–Trinajstić information content (AvgIpc) is 2.99. The molecule has 1 unspecified atom stereocenters. The van der Waals surface area contributed by atoms with Gasteiger partial charge in [-0.15, -0.1) is 24.2 Å². The third-order valence-electron chi connectivity index (χ3n) is 4.68. The van der Waals surface area contributed by atoms with Crippen LogP contribution in [-0.4, -0.2) is 41.6 Å². The first-order valence-electron chi connectivity index (χ1n) is 6.89. The normalized spacial score (nSPS) is 30.4. The lowest BCUT2D eigenvalue weighted by Gasteiger charge is -2.33. The number of rotatable bonds is 1. The number of amides is 1. The number of nitrogens with one attached hydrogen (secondary N) is 1. The van der Waals surface area contributed by atoms with Crippen LogP contribution in [0, 0.1) is 5.41 Å². The Balaban J connectivity index is 0.00000120. The van der Waals surface area contributed by atoms with Gasteiger partial charge in [-0.1, -0.05) is 19.3 Å². The summed E-state index contributed by atoms with van der Waals surface area (Å²) in [6, 6.07) is 0.0961. The Morgan fingerprint density at radius 3 is 2.67 bits per heavy atom. The Morgan fingerprint density at radius 2 is 2.00 bits per heavy atom. The first-order valence-corrected chi connectivity index (χ1v) is 8.05. The molecular weight excluding hydrogens is 268 g/mol. The minimum absolute atomic E-state index is 0. The quantitative estimate of drug-likeness (QED) is 0.804. The van der Waals surface area contributed by atoms with Gasteiger partial charge in [0.05, 0.1) is 6.04 Å². The van der Waals surface area contributed by atoms with Gasteiger partial charge in [0.15, 0.2) is 0 Å². The molecule has 2 saturated heterocycles. The molecule has 5 heteroatoms. The predicted octanol–water partition coefficient (Wildman–Crippen LogP) is 2.25. The molecule has 1 spiro atoms. The van der Waals surface area contributed by atoms with Crippen LogP contribution in [0.25, 0.3) is 0 Å². The van der Waals surface area contributed by atoms with Crippen molar-refractivity contribution in [3.63, 3.8) is 0 Å². The van der Waals surface area contributed by atoms with Gasteiger partial charge in [0.25, 0.3) is 0 Å². The van der Waals surface area contributed by atoms with Crippen LogP contribution >= 0.6 is 24.2 Å². The van der Waals surface area contributed by atoms with E-state index >= 15 is 0 Å². The molecule has 2 aliphatic heterocycles. The highest BCUT2D eigenvalue weighted by Gasteiger charge is 2.42. The number of carbonyl (C=O) groups is 1. The third kappa shape index (κ3) is 2.81. The highest BCUT2D eigenvalue weighted by Crippen LogP contribution is 2.43. The Morgan fingerprint density at radius 1 is 1.22 bits per heavy atom. The van der Waals surface area contributed by atoms with E-state index in [1.165, 1.54) is 38.5 Å². The van der Waals surface area contributed by atoms with Gasteiger partial charge in [0.1, 0.15) is 0 Å². The Hall–Kier alpha value is 0.0700. The topological polar surface area (TPSA) is 32.3 Å². The summed E-state index contributed by atoms with van der Waals surface area (Å²) < 4.78 is 0. The summed E-state index contributed by atoms with van der Waals surface area (Å²) in [5, 5.41) is 3.30. The second kappa shape index (κ2) is 6.02. The van der Waals surface area contributed by atoms with Crippen LogP contribution in [0.3, 0.4) is 0 Å². The van der Waals surface area contributed by atoms with Crippen LogP contribution in [-0.2, 0) is 4.79 Å². The molecule has 2 heterocycles. The summed E-state index contributed by atoms with van der Waals surface area (Å²) in [5.41, 5.74) is 0.500. The van der Waals surface area contributed by atoms with Crippen LogP contribution in [0.2, 0.25) is 0 Å². The smallest absolute Gasteiger partial charge is 0.240 e. The molecule has 0 aromatic rings. The van der Waals surface area contributed by atoms with E-state index in [2.05, 4.69) is 10.2 Å². The fourth-order valence-electron chi connectivity index (χ4n) is 3.61. The molecule has 104 valence electrons. The summed E-state index contributed by atoms with van der Waals surface area (Å²) in [7, 11) is 0. The third-order valence-corrected chi connectivity index (χ3v) is 5.62. The zero-order valence-electron chi connectivity index (χ0n) is 10.8. The second-order valence-corrected chi connectivity index (χ2v) is 6.87. The SMILES string of the molecule is Cl.O=C(C1CSCN1)N1CCC2(CCCCC2)C1. The van der Waals surface area contributed by atoms with Crippen molar-refractivity contribution in [2.75, 3.05) is 24.7 Å². The fraction of sp³-hybridized carbons (Fsp3) is 0.923. The van der Waals surface area contributed by atoms with Gasteiger partial charge < -0.3 is 4.90 Å². The lowest BCUT2D eigenvalue weighted by molar-refractivity contribution is -0.132. The fourth-order valence-corrected chi connectivity index (χ4v) is 4.54. The van der Waals surface area contributed by atoms with E-state index in [0.29, 0.717) is 11.3 Å². The van der Waals surface area contributed by atoms with Crippen LogP contribution < -0.4 is 5.32 Å². The minimum Gasteiger partial charge on any atom is -0.341 e. The van der Waals surface area contributed by atoms with Gasteiger partial charge in [0.2, 0.25) is 5.91 Å². The van der Waals surface area contributed by atoms with Crippen molar-refractivity contribution in [1.29, 1.82) is 0 Å². The van der Waals surface area contributed by atoms with Gasteiger partial charge >= 0.3 is 0 Å². The number of nitrogens with zero attached hydrogens (tertiary/aromatic N) is 1. The molecule has 3 nitrogen and oxygen atoms in total. The molecule has 0 bridgehead atoms. The largest absolute Gasteiger partial charge is 0.341 e. The van der Waals surface area contributed by atoms with Crippen molar-refractivity contribution in [2.45, 2.75) is 44.6 Å². The summed E-state index contributed by atoms with van der Waals surface area (Å²) >= 11 is 1.84. The first-order chi connectivity index (χ1) is 8.29. The molecule has 0 radical (unpaired) electrons. The zero-order valence-corrected chi connectivity index (χ0v) is 12.5. The molecule has 1 saturated carbocycles. The molecule has 0 aromatic heterocycles. The first kappa shape index (κ1) is 14.5. The standard InChI is InChI=1S/C13H22N2OS.ClH/c16-12(11-8-17-10-14-11)15-7-6-13(9-15)4-2-1-3-5-13;/h11,14H,1-10H2;1H. The Labute approximate surface area is 120 Å². The Kier molecular flexibility index (Phi) is 4.84. The van der Waals surface area contributed by atoms with E-state index in [-0.39, 0.29) is 18.4 Å². The summed E-state index contributed by atoms with van der Waals surface area (Å²) in [6.45, 7) is 2.04. The van der Waals surface area contributed by atoms with E-state index in [0.717, 1.165) is 24.7 Å². The number of carbonyl (C=O) groups excluding carboxylic acids is 1. The molecule has 3 rings (SSSR count). The van der Waals surface area contributed by atoms with Crippen LogP contribution in [0.1, 0.15) is 38.5 Å². The number of hydrogen-bond acceptors (Lipinski definition) is 3. The maximum Gasteiger partial charge on any atom is 0.240 e. The zero-order chi connectivity index (χ0) is 11.7. The molecule has 3 aliphatic rings. The van der Waals surface area contributed by atoms with Crippen molar-refractivity contribution < 1.29 is 4.79 Å². The molecule has 1 atom stereocenters. The molecule has 0 aromatic carbocycles. The average molecular weight is 291 g/mol. The van der Waals surface area contributed by atoms with E-state index in [1.807, 2.05) is 11.8 Å². The number of likely N-dealkylation sites (tertiary alicyclic amines) is 1. The predicted molar refractivity (Wildman–Crippen MR) is 78.2 cm³/mol. The number of hydrogen-bond donors (Lipinski definition) is 1. The van der Waals surface area contributed by atoms with E-state index < -0.39 is 0 Å². The van der Waals surface area contributed by atoms with Crippen molar-refractivity contribution in [1.82, 2.24) is 10.2 Å². The van der Waals surface area contributed by atoms with Gasteiger partial charge in [-0.25, -0.2) is 0 Å². The molecular formula is C13H23ClN2OS. The van der Waals surface area contributed by atoms with Gasteiger partial charge in [0, 0.05) is 24.7 Å². The van der Waals surface area contributed by atoms with Crippen molar-refractivity contribution in [3.8, 4) is 0 Å². The Bertz CT molecular complexity index is 301. The lowest BCUT2D eigenvalue weighted by atomic mass is 9.73. The van der Waals surface area contributed by atoms with Crippen LogP contribution in [0.5, 0.6) is 0 Å². The minimum atomic E-state index is 0. The van der Waals surface area contributed by atoms with Crippen LogP contribution in [0.15, 0.2) is 0 Å². The number of thioether (sulfide) groups is 1. The van der Waals surface area contributed by atoms with Crippen molar-refractivity contribution in [3.05, 3.63) is 0 Å². The molecule has 1 amide bonds. The maximum atomic E-state index is 12.3. The van der Waals surface area contributed by atoms with Crippen LogP contribution in [0.4, 0.5) is 0 Å². The van der Waals surface area contributed by atoms with E-state index in [1.54, 1.807) is 0 Å². The summed E-state index contributed by atoms with van der Waals surface area (Å²) in [5.74, 6) is 2.26. The number of halogens is 1. The maximum absolute atomic E-state index is 12.3. The molecule has 3 fully saturated rings. The highest BCUT2D eigenvalue weighted by atomic mass is 35.5. The van der Waals surface area contributed by atoms with Gasteiger partial charge in [-0.05, 0) is 24.7 Å². The van der Waals surface area contributed by atoms with Crippen molar-refractivity contribution >= 4 is 30.1 Å². The van der Waals surface area contributed by atoms with Gasteiger partial charge in [-0.3, -0.25) is 10.1 Å². The highest BCUT2D eigenvalue weighted by molar-refractivity contribution is 7.99. The van der Waals surface area contributed by atoms with Gasteiger partial charge in [-0.2, -0.15) is 0 Å². The summed E-state index contributed by atoms with van der Waals surface area (Å²) in [4.78, 5) is 14.5. The monoisotopic (exact) mass is 290 g/mol. The summed E-state index contributed by atoms with van der Waals surface area (Å²) in [6.07, 6.45) is 8.10. The molecule has 1 aliphatic carbocycles. The second-order valence-electron chi connectivity index (χ2n) is 5.84.